The van der Waals surface area contributed by atoms with E-state index in [1.807, 2.05) is 78.6 Å². The van der Waals surface area contributed by atoms with E-state index in [4.69, 9.17) is 0 Å². The Bertz CT molecular complexity index is 1070. The van der Waals surface area contributed by atoms with E-state index in [0.717, 1.165) is 41.8 Å². The van der Waals surface area contributed by atoms with Crippen LogP contribution in [0.1, 0.15) is 35.1 Å². The van der Waals surface area contributed by atoms with Gasteiger partial charge in [0.05, 0.1) is 6.42 Å². The van der Waals surface area contributed by atoms with E-state index >= 15 is 0 Å². The van der Waals surface area contributed by atoms with Gasteiger partial charge in [0.15, 0.2) is 0 Å². The SMILES string of the molecule is Cc1ccc(CNC(=O)Cc2ccc(NC(=O)N3CCCCc4ccccc43)cc2)cc1. The molecule has 0 aliphatic carbocycles. The van der Waals surface area contributed by atoms with Gasteiger partial charge in [0.2, 0.25) is 5.91 Å². The first-order chi connectivity index (χ1) is 15.6. The zero-order valence-electron chi connectivity index (χ0n) is 18.4. The molecule has 3 amide bonds. The first kappa shape index (κ1) is 21.6. The molecule has 0 unspecified atom stereocenters. The summed E-state index contributed by atoms with van der Waals surface area (Å²) in [6.07, 6.45) is 3.38. The van der Waals surface area contributed by atoms with Gasteiger partial charge in [-0.2, -0.15) is 0 Å². The van der Waals surface area contributed by atoms with Crippen molar-refractivity contribution >= 4 is 23.3 Å². The number of benzene rings is 3. The molecular weight excluding hydrogens is 398 g/mol. The fourth-order valence-corrected chi connectivity index (χ4v) is 3.95. The van der Waals surface area contributed by atoms with Gasteiger partial charge >= 0.3 is 6.03 Å². The second kappa shape index (κ2) is 10.1. The summed E-state index contributed by atoms with van der Waals surface area (Å²) in [5, 5.41) is 5.96. The quantitative estimate of drug-likeness (QED) is 0.586. The number of carbonyl (C=O) groups excluding carboxylic acids is 2. The molecule has 0 saturated heterocycles. The lowest BCUT2D eigenvalue weighted by Gasteiger charge is -2.23. The second-order valence-corrected chi connectivity index (χ2v) is 8.30. The summed E-state index contributed by atoms with van der Waals surface area (Å²) in [4.78, 5) is 27.0. The molecule has 0 bridgehead atoms. The number of hydrogen-bond donors (Lipinski definition) is 2. The van der Waals surface area contributed by atoms with Gasteiger partial charge in [-0.15, -0.1) is 0 Å². The van der Waals surface area contributed by atoms with E-state index in [1.54, 1.807) is 0 Å². The molecule has 5 nitrogen and oxygen atoms in total. The third kappa shape index (κ3) is 5.55. The van der Waals surface area contributed by atoms with Gasteiger partial charge in [0.1, 0.15) is 0 Å². The Morgan fingerprint density at radius 1 is 0.875 bits per heavy atom. The third-order valence-electron chi connectivity index (χ3n) is 5.79. The molecular formula is C27H29N3O2. The van der Waals surface area contributed by atoms with Crippen LogP contribution in [0.3, 0.4) is 0 Å². The van der Waals surface area contributed by atoms with Gasteiger partial charge in [-0.3, -0.25) is 9.69 Å². The number of urea groups is 1. The van der Waals surface area contributed by atoms with Crippen LogP contribution < -0.4 is 15.5 Å². The predicted octanol–water partition coefficient (Wildman–Crippen LogP) is 5.23. The van der Waals surface area contributed by atoms with Gasteiger partial charge in [0.25, 0.3) is 0 Å². The van der Waals surface area contributed by atoms with Crippen LogP contribution in [0.25, 0.3) is 0 Å². The van der Waals surface area contributed by atoms with Crippen LogP contribution in [0, 0.1) is 6.92 Å². The van der Waals surface area contributed by atoms with Crippen LogP contribution in [-0.4, -0.2) is 18.5 Å². The first-order valence-corrected chi connectivity index (χ1v) is 11.2. The summed E-state index contributed by atoms with van der Waals surface area (Å²) < 4.78 is 0. The maximum absolute atomic E-state index is 12.9. The summed E-state index contributed by atoms with van der Waals surface area (Å²) in [6.45, 7) is 3.27. The topological polar surface area (TPSA) is 61.4 Å². The lowest BCUT2D eigenvalue weighted by molar-refractivity contribution is -0.120. The van der Waals surface area contributed by atoms with Crippen molar-refractivity contribution in [1.82, 2.24) is 5.32 Å². The van der Waals surface area contributed by atoms with Crippen molar-refractivity contribution in [3.63, 3.8) is 0 Å². The zero-order chi connectivity index (χ0) is 22.3. The maximum atomic E-state index is 12.9. The number of carbonyl (C=O) groups is 2. The predicted molar refractivity (Wildman–Crippen MR) is 129 cm³/mol. The molecule has 0 radical (unpaired) electrons. The molecule has 0 aromatic heterocycles. The Morgan fingerprint density at radius 2 is 1.59 bits per heavy atom. The van der Waals surface area contributed by atoms with E-state index < -0.39 is 0 Å². The highest BCUT2D eigenvalue weighted by atomic mass is 16.2. The van der Waals surface area contributed by atoms with Crippen molar-refractivity contribution in [2.75, 3.05) is 16.8 Å². The molecule has 32 heavy (non-hydrogen) atoms. The number of hydrogen-bond acceptors (Lipinski definition) is 2. The second-order valence-electron chi connectivity index (χ2n) is 8.30. The number of amides is 3. The molecule has 0 atom stereocenters. The number of aryl methyl sites for hydroxylation is 2. The summed E-state index contributed by atoms with van der Waals surface area (Å²) in [7, 11) is 0. The highest BCUT2D eigenvalue weighted by Gasteiger charge is 2.20. The minimum atomic E-state index is -0.122. The molecule has 5 heteroatoms. The molecule has 4 rings (SSSR count). The molecule has 3 aromatic carbocycles. The van der Waals surface area contributed by atoms with E-state index in [-0.39, 0.29) is 11.9 Å². The first-order valence-electron chi connectivity index (χ1n) is 11.2. The number of fused-ring (bicyclic) bond motifs is 1. The van der Waals surface area contributed by atoms with Crippen LogP contribution in [0.4, 0.5) is 16.2 Å². The molecule has 2 N–H and O–H groups in total. The Hall–Kier alpha value is -3.60. The van der Waals surface area contributed by atoms with Crippen molar-refractivity contribution in [1.29, 1.82) is 0 Å². The van der Waals surface area contributed by atoms with Crippen molar-refractivity contribution in [3.05, 3.63) is 95.1 Å². The number of rotatable bonds is 5. The van der Waals surface area contributed by atoms with Crippen molar-refractivity contribution in [2.24, 2.45) is 0 Å². The minimum Gasteiger partial charge on any atom is -0.352 e. The summed E-state index contributed by atoms with van der Waals surface area (Å²) in [6, 6.07) is 23.6. The smallest absolute Gasteiger partial charge is 0.326 e. The van der Waals surface area contributed by atoms with Gasteiger partial charge < -0.3 is 10.6 Å². The monoisotopic (exact) mass is 427 g/mol. The van der Waals surface area contributed by atoms with Crippen molar-refractivity contribution < 1.29 is 9.59 Å². The Morgan fingerprint density at radius 3 is 2.38 bits per heavy atom. The highest BCUT2D eigenvalue weighted by molar-refractivity contribution is 6.02. The molecule has 164 valence electrons. The largest absolute Gasteiger partial charge is 0.352 e. The number of anilines is 2. The molecule has 0 spiro atoms. The molecule has 1 aliphatic rings. The molecule has 3 aromatic rings. The highest BCUT2D eigenvalue weighted by Crippen LogP contribution is 2.26. The fraction of sp³-hybridized carbons (Fsp3) is 0.259. The molecule has 1 aliphatic heterocycles. The average molecular weight is 428 g/mol. The van der Waals surface area contributed by atoms with Crippen LogP contribution >= 0.6 is 0 Å². The lowest BCUT2D eigenvalue weighted by atomic mass is 10.1. The summed E-state index contributed by atoms with van der Waals surface area (Å²) in [5.74, 6) is -0.0245. The standard InChI is InChI=1S/C27H29N3O2/c1-20-9-11-22(12-10-20)19-28-26(31)18-21-13-15-24(16-14-21)29-27(32)30-17-5-4-7-23-6-2-3-8-25(23)30/h2-3,6,8-16H,4-5,7,17-19H2,1H3,(H,28,31)(H,29,32). The van der Waals surface area contributed by atoms with Crippen LogP contribution in [0.2, 0.25) is 0 Å². The van der Waals surface area contributed by atoms with Crippen LogP contribution in [0.5, 0.6) is 0 Å². The number of nitrogens with zero attached hydrogens (tertiary/aromatic N) is 1. The van der Waals surface area contributed by atoms with E-state index in [2.05, 4.69) is 16.7 Å². The lowest BCUT2D eigenvalue weighted by Crippen LogP contribution is -2.35. The Kier molecular flexibility index (Phi) is 6.85. The van der Waals surface area contributed by atoms with E-state index in [0.29, 0.717) is 19.5 Å². The normalized spacial score (nSPS) is 13.1. The minimum absolute atomic E-state index is 0.0245. The summed E-state index contributed by atoms with van der Waals surface area (Å²) >= 11 is 0. The van der Waals surface area contributed by atoms with Gasteiger partial charge in [0, 0.05) is 24.5 Å². The van der Waals surface area contributed by atoms with Crippen molar-refractivity contribution in [3.8, 4) is 0 Å². The number of para-hydroxylation sites is 1. The van der Waals surface area contributed by atoms with E-state index in [9.17, 15) is 9.59 Å². The van der Waals surface area contributed by atoms with Crippen molar-refractivity contribution in [2.45, 2.75) is 39.2 Å². The van der Waals surface area contributed by atoms with Crippen LogP contribution in [0.15, 0.2) is 72.8 Å². The zero-order valence-corrected chi connectivity index (χ0v) is 18.4. The Labute approximate surface area is 189 Å². The van der Waals surface area contributed by atoms with Gasteiger partial charge in [-0.1, -0.05) is 60.2 Å². The fourth-order valence-electron chi connectivity index (χ4n) is 3.95. The van der Waals surface area contributed by atoms with Gasteiger partial charge in [-0.05, 0) is 61.1 Å². The average Bonchev–Trinajstić information content (AvgIpc) is 3.03. The van der Waals surface area contributed by atoms with Crippen LogP contribution in [-0.2, 0) is 24.2 Å². The van der Waals surface area contributed by atoms with Gasteiger partial charge in [-0.25, -0.2) is 4.79 Å². The molecule has 0 saturated carbocycles. The molecule has 0 fully saturated rings. The third-order valence-corrected chi connectivity index (χ3v) is 5.79. The van der Waals surface area contributed by atoms with E-state index in [1.165, 1.54) is 11.1 Å². The molecule has 1 heterocycles. The number of nitrogens with one attached hydrogen (secondary N) is 2. The summed E-state index contributed by atoms with van der Waals surface area (Å²) in [5.41, 5.74) is 6.12. The maximum Gasteiger partial charge on any atom is 0.326 e. The Balaban J connectivity index is 1.32.